The van der Waals surface area contributed by atoms with Crippen molar-refractivity contribution in [1.29, 1.82) is 0 Å². The number of hydrogen-bond acceptors (Lipinski definition) is 2. The van der Waals surface area contributed by atoms with Gasteiger partial charge in [0.05, 0.1) is 5.69 Å². The minimum atomic E-state index is -3.09. The van der Waals surface area contributed by atoms with Crippen LogP contribution in [0.3, 0.4) is 0 Å². The van der Waals surface area contributed by atoms with Crippen molar-refractivity contribution in [2.75, 3.05) is 11.9 Å². The third-order valence-corrected chi connectivity index (χ3v) is 1.88. The Morgan fingerprint density at radius 2 is 2.23 bits per heavy atom. The summed E-state index contributed by atoms with van der Waals surface area (Å²) in [6, 6.07) is 5.07. The van der Waals surface area contributed by atoms with E-state index in [9.17, 15) is 8.78 Å². The normalized spacial score (nSPS) is 18.4. The van der Waals surface area contributed by atoms with E-state index in [1.807, 2.05) is 6.92 Å². The van der Waals surface area contributed by atoms with Crippen LogP contribution >= 0.6 is 0 Å². The van der Waals surface area contributed by atoms with Gasteiger partial charge in [0.15, 0.2) is 0 Å². The first kappa shape index (κ1) is 8.29. The van der Waals surface area contributed by atoms with Crippen LogP contribution in [-0.2, 0) is 0 Å². The molecule has 0 bridgehead atoms. The molecule has 1 aromatic rings. The Kier molecular flexibility index (Phi) is 1.65. The Morgan fingerprint density at radius 3 is 3.00 bits per heavy atom. The standard InChI is InChI=1S/C9H9F2NO/c1-6-2-3-8-7(4-6)12-5-9(10,11)13-8/h2-4,12H,5H2,1H3. The highest BCUT2D eigenvalue weighted by molar-refractivity contribution is 5.59. The van der Waals surface area contributed by atoms with Crippen LogP contribution in [0.25, 0.3) is 0 Å². The van der Waals surface area contributed by atoms with Gasteiger partial charge < -0.3 is 10.1 Å². The summed E-state index contributed by atoms with van der Waals surface area (Å²) in [7, 11) is 0. The smallest absolute Gasteiger partial charge is 0.415 e. The molecule has 1 heterocycles. The molecule has 0 spiro atoms. The van der Waals surface area contributed by atoms with Gasteiger partial charge >= 0.3 is 6.11 Å². The Balaban J connectivity index is 2.37. The molecule has 0 aromatic heterocycles. The summed E-state index contributed by atoms with van der Waals surface area (Å²) in [6.45, 7) is 1.43. The molecule has 1 N–H and O–H groups in total. The summed E-state index contributed by atoms with van der Waals surface area (Å²) in [6.07, 6.45) is -3.09. The van der Waals surface area contributed by atoms with Crippen molar-refractivity contribution in [3.8, 4) is 5.75 Å². The van der Waals surface area contributed by atoms with Crippen LogP contribution in [-0.4, -0.2) is 12.7 Å². The van der Waals surface area contributed by atoms with E-state index in [0.717, 1.165) is 5.56 Å². The largest absolute Gasteiger partial charge is 0.429 e. The number of alkyl halides is 2. The minimum Gasteiger partial charge on any atom is -0.429 e. The molecule has 0 unspecified atom stereocenters. The van der Waals surface area contributed by atoms with Crippen molar-refractivity contribution >= 4 is 5.69 Å². The molecule has 13 heavy (non-hydrogen) atoms. The van der Waals surface area contributed by atoms with E-state index >= 15 is 0 Å². The number of nitrogens with one attached hydrogen (secondary N) is 1. The van der Waals surface area contributed by atoms with Crippen LogP contribution in [0.5, 0.6) is 5.75 Å². The van der Waals surface area contributed by atoms with Gasteiger partial charge in [-0.05, 0) is 24.6 Å². The van der Waals surface area contributed by atoms with E-state index in [1.54, 1.807) is 18.2 Å². The quantitative estimate of drug-likeness (QED) is 0.670. The fourth-order valence-electron chi connectivity index (χ4n) is 1.27. The molecule has 1 aromatic carbocycles. The molecule has 0 saturated carbocycles. The molecule has 1 aliphatic heterocycles. The van der Waals surface area contributed by atoms with Gasteiger partial charge in [-0.15, -0.1) is 0 Å². The maximum absolute atomic E-state index is 12.7. The lowest BCUT2D eigenvalue weighted by Gasteiger charge is -2.26. The van der Waals surface area contributed by atoms with Gasteiger partial charge in [-0.1, -0.05) is 6.07 Å². The van der Waals surface area contributed by atoms with Crippen LogP contribution in [0.1, 0.15) is 5.56 Å². The van der Waals surface area contributed by atoms with E-state index < -0.39 is 12.7 Å². The maximum Gasteiger partial charge on any atom is 0.415 e. The topological polar surface area (TPSA) is 21.3 Å². The number of ether oxygens (including phenoxy) is 1. The average molecular weight is 185 g/mol. The number of halogens is 2. The van der Waals surface area contributed by atoms with Crippen LogP contribution in [0.15, 0.2) is 18.2 Å². The first-order valence-corrected chi connectivity index (χ1v) is 3.98. The summed E-state index contributed by atoms with van der Waals surface area (Å²) < 4.78 is 29.9. The zero-order chi connectivity index (χ0) is 9.47. The molecule has 4 heteroatoms. The third-order valence-electron chi connectivity index (χ3n) is 1.88. The van der Waals surface area contributed by atoms with Gasteiger partial charge in [-0.3, -0.25) is 0 Å². The predicted octanol–water partition coefficient (Wildman–Crippen LogP) is 2.39. The van der Waals surface area contributed by atoms with E-state index in [4.69, 9.17) is 0 Å². The first-order chi connectivity index (χ1) is 6.07. The SMILES string of the molecule is Cc1ccc2c(c1)NCC(F)(F)O2. The monoisotopic (exact) mass is 185 g/mol. The van der Waals surface area contributed by atoms with Gasteiger partial charge in [-0.25, -0.2) is 0 Å². The fourth-order valence-corrected chi connectivity index (χ4v) is 1.27. The van der Waals surface area contributed by atoms with E-state index in [-0.39, 0.29) is 5.75 Å². The molecule has 2 nitrogen and oxygen atoms in total. The highest BCUT2D eigenvalue weighted by Crippen LogP contribution is 2.34. The summed E-state index contributed by atoms with van der Waals surface area (Å²) in [4.78, 5) is 0. The number of aryl methyl sites for hydroxylation is 1. The lowest BCUT2D eigenvalue weighted by atomic mass is 10.2. The molecule has 0 aliphatic carbocycles. The van der Waals surface area contributed by atoms with Crippen LogP contribution in [0.2, 0.25) is 0 Å². The average Bonchev–Trinajstić information content (AvgIpc) is 2.05. The minimum absolute atomic E-state index is 0.210. The Hall–Kier alpha value is -1.32. The molecule has 70 valence electrons. The number of fused-ring (bicyclic) bond motifs is 1. The van der Waals surface area contributed by atoms with Crippen LogP contribution in [0, 0.1) is 6.92 Å². The van der Waals surface area contributed by atoms with Gasteiger partial charge in [0, 0.05) is 0 Å². The number of anilines is 1. The molecule has 0 amide bonds. The zero-order valence-electron chi connectivity index (χ0n) is 7.10. The van der Waals surface area contributed by atoms with Crippen molar-refractivity contribution < 1.29 is 13.5 Å². The van der Waals surface area contributed by atoms with Crippen molar-refractivity contribution in [2.45, 2.75) is 13.0 Å². The van der Waals surface area contributed by atoms with E-state index in [2.05, 4.69) is 10.1 Å². The number of rotatable bonds is 0. The molecule has 0 atom stereocenters. The third kappa shape index (κ3) is 1.56. The van der Waals surface area contributed by atoms with Gasteiger partial charge in [0.25, 0.3) is 0 Å². The molecule has 1 aliphatic rings. The highest BCUT2D eigenvalue weighted by Gasteiger charge is 2.35. The predicted molar refractivity (Wildman–Crippen MR) is 45.2 cm³/mol. The second kappa shape index (κ2) is 2.58. The van der Waals surface area contributed by atoms with Crippen molar-refractivity contribution in [2.24, 2.45) is 0 Å². The fraction of sp³-hybridized carbons (Fsp3) is 0.333. The van der Waals surface area contributed by atoms with Crippen molar-refractivity contribution in [3.05, 3.63) is 23.8 Å². The molecule has 0 fully saturated rings. The second-order valence-corrected chi connectivity index (χ2v) is 3.09. The molecule has 0 saturated heterocycles. The van der Waals surface area contributed by atoms with Gasteiger partial charge in [-0.2, -0.15) is 8.78 Å². The van der Waals surface area contributed by atoms with Crippen LogP contribution in [0.4, 0.5) is 14.5 Å². The summed E-state index contributed by atoms with van der Waals surface area (Å²) in [5, 5.41) is 2.62. The van der Waals surface area contributed by atoms with Crippen molar-refractivity contribution in [1.82, 2.24) is 0 Å². The Morgan fingerprint density at radius 1 is 1.46 bits per heavy atom. The van der Waals surface area contributed by atoms with E-state index in [0.29, 0.717) is 5.69 Å². The summed E-state index contributed by atoms with van der Waals surface area (Å²) >= 11 is 0. The Labute approximate surface area is 74.5 Å². The van der Waals surface area contributed by atoms with Crippen LogP contribution < -0.4 is 10.1 Å². The second-order valence-electron chi connectivity index (χ2n) is 3.09. The van der Waals surface area contributed by atoms with Gasteiger partial charge in [0.2, 0.25) is 0 Å². The molecule has 2 rings (SSSR count). The summed E-state index contributed by atoms with van der Waals surface area (Å²) in [5.41, 5.74) is 1.64. The number of benzene rings is 1. The highest BCUT2D eigenvalue weighted by atomic mass is 19.3. The zero-order valence-corrected chi connectivity index (χ0v) is 7.10. The molecular weight excluding hydrogens is 176 g/mol. The maximum atomic E-state index is 12.7. The Bertz CT molecular complexity index is 338. The summed E-state index contributed by atoms with van der Waals surface area (Å²) in [5.74, 6) is 0.210. The lowest BCUT2D eigenvalue weighted by molar-refractivity contribution is -0.166. The molecular formula is C9H9F2NO. The molecule has 0 radical (unpaired) electrons. The lowest BCUT2D eigenvalue weighted by Crippen LogP contribution is -2.37. The first-order valence-electron chi connectivity index (χ1n) is 3.98. The van der Waals surface area contributed by atoms with Crippen molar-refractivity contribution in [3.63, 3.8) is 0 Å². The van der Waals surface area contributed by atoms with E-state index in [1.165, 1.54) is 0 Å². The van der Waals surface area contributed by atoms with Gasteiger partial charge in [0.1, 0.15) is 12.3 Å². The number of hydrogen-bond donors (Lipinski definition) is 1.